The zero-order valence-electron chi connectivity index (χ0n) is 11.0. The highest BCUT2D eigenvalue weighted by atomic mass is 32.2. The largest absolute Gasteiger partial charge is 0.374 e. The molecule has 2 rings (SSSR count). The first kappa shape index (κ1) is 16.8. The van der Waals surface area contributed by atoms with Crippen LogP contribution in [0.1, 0.15) is 12.5 Å². The molecule has 0 saturated heterocycles. The van der Waals surface area contributed by atoms with E-state index in [1.807, 2.05) is 6.07 Å². The number of hydrogen-bond acceptors (Lipinski definition) is 6. The molecule has 0 fully saturated rings. The van der Waals surface area contributed by atoms with Crippen LogP contribution in [0.5, 0.6) is 0 Å². The summed E-state index contributed by atoms with van der Waals surface area (Å²) in [6.45, 7) is 2.53. The van der Waals surface area contributed by atoms with Gasteiger partial charge in [-0.15, -0.1) is 0 Å². The van der Waals surface area contributed by atoms with Crippen LogP contribution in [0.15, 0.2) is 18.2 Å². The number of nitrogens with one attached hydrogen (secondary N) is 1. The highest BCUT2D eigenvalue weighted by Crippen LogP contribution is 2.29. The number of benzene rings is 1. The van der Waals surface area contributed by atoms with Crippen molar-refractivity contribution in [2.24, 2.45) is 5.73 Å². The lowest BCUT2D eigenvalue weighted by Gasteiger charge is -2.11. The van der Waals surface area contributed by atoms with E-state index in [9.17, 15) is 0 Å². The van der Waals surface area contributed by atoms with Crippen LogP contribution in [0, 0.1) is 0 Å². The maximum absolute atomic E-state index is 8.81. The molecular weight excluding hydrogens is 250 g/mol. The maximum atomic E-state index is 8.81. The third-order valence-electron chi connectivity index (χ3n) is 2.37. The van der Waals surface area contributed by atoms with Crippen LogP contribution < -0.4 is 15.4 Å². The molecule has 1 aromatic rings. The average molecular weight is 271 g/mol. The Morgan fingerprint density at radius 2 is 2.11 bits per heavy atom. The molecule has 1 heterocycles. The molecule has 0 bridgehead atoms. The minimum absolute atomic E-state index is 0.637. The summed E-state index contributed by atoms with van der Waals surface area (Å²) in [5, 5.41) is 0. The lowest BCUT2D eigenvalue weighted by molar-refractivity contribution is -0.106. The van der Waals surface area contributed by atoms with Gasteiger partial charge in [-0.05, 0) is 44.2 Å². The van der Waals surface area contributed by atoms with Crippen LogP contribution in [-0.4, -0.2) is 31.5 Å². The second-order valence-electron chi connectivity index (χ2n) is 3.44. The fraction of sp³-hybridized carbons (Fsp3) is 0.417. The van der Waals surface area contributed by atoms with E-state index in [0.717, 1.165) is 24.9 Å². The normalized spacial score (nSPS) is 11.5. The van der Waals surface area contributed by atoms with Crippen molar-refractivity contribution in [3.8, 4) is 0 Å². The molecule has 0 unspecified atom stereocenters. The Hall–Kier alpha value is -1.24. The van der Waals surface area contributed by atoms with Gasteiger partial charge in [-0.1, -0.05) is 0 Å². The van der Waals surface area contributed by atoms with Crippen molar-refractivity contribution in [3.63, 3.8) is 0 Å². The van der Waals surface area contributed by atoms with Crippen LogP contribution in [0.3, 0.4) is 0 Å². The summed E-state index contributed by atoms with van der Waals surface area (Å²) in [5.41, 5.74) is 8.11. The summed E-state index contributed by atoms with van der Waals surface area (Å²) < 4.78 is 11.4. The van der Waals surface area contributed by atoms with Crippen molar-refractivity contribution in [3.05, 3.63) is 23.8 Å². The van der Waals surface area contributed by atoms with Gasteiger partial charge in [0.1, 0.15) is 18.5 Å². The molecule has 0 saturated carbocycles. The summed E-state index contributed by atoms with van der Waals surface area (Å²) in [5.74, 6) is 0. The third kappa shape index (κ3) is 4.95. The molecule has 1 aliphatic rings. The van der Waals surface area contributed by atoms with Gasteiger partial charge >= 0.3 is 0 Å². The summed E-state index contributed by atoms with van der Waals surface area (Å²) >= 11 is 0.637. The second kappa shape index (κ2) is 9.76. The standard InChI is InChI=1S/C9H12N2OS.C2H4O.CH5N/c1-11-5-4-7-6-8(10-13-12)2-3-9(7)11;1-2-3;1-2/h2-3,6,10,12H,4-5H2,1H3;2H,1H3;2H2,1H3. The van der Waals surface area contributed by atoms with Crippen LogP contribution in [0.2, 0.25) is 0 Å². The number of aldehydes is 1. The Morgan fingerprint density at radius 3 is 2.67 bits per heavy atom. The number of carbonyl (C=O) groups excluding carboxylic acids is 1. The highest BCUT2D eigenvalue weighted by Gasteiger charge is 2.15. The lowest BCUT2D eigenvalue weighted by Crippen LogP contribution is -2.12. The number of nitrogens with two attached hydrogens (primary N) is 1. The van der Waals surface area contributed by atoms with E-state index < -0.39 is 0 Å². The van der Waals surface area contributed by atoms with Crippen LogP contribution in [0.4, 0.5) is 11.4 Å². The summed E-state index contributed by atoms with van der Waals surface area (Å²) in [6.07, 6.45) is 1.84. The SMILES string of the molecule is CC=O.CN.CN1CCc2cc(NSO)ccc21. The number of hydrogen-bond donors (Lipinski definition) is 3. The zero-order valence-corrected chi connectivity index (χ0v) is 11.8. The maximum Gasteiger partial charge on any atom is 0.116 e. The van der Waals surface area contributed by atoms with Gasteiger partial charge in [-0.2, -0.15) is 0 Å². The lowest BCUT2D eigenvalue weighted by atomic mass is 10.1. The van der Waals surface area contributed by atoms with E-state index >= 15 is 0 Å². The molecule has 4 N–H and O–H groups in total. The van der Waals surface area contributed by atoms with Gasteiger partial charge in [0.05, 0.1) is 0 Å². The van der Waals surface area contributed by atoms with Crippen molar-refractivity contribution < 1.29 is 9.35 Å². The molecule has 0 spiro atoms. The van der Waals surface area contributed by atoms with E-state index in [0.29, 0.717) is 12.2 Å². The quantitative estimate of drug-likeness (QED) is 0.434. The van der Waals surface area contributed by atoms with E-state index in [4.69, 9.17) is 9.35 Å². The monoisotopic (exact) mass is 271 g/mol. The Kier molecular flexibility index (Phi) is 9.08. The predicted molar refractivity (Wildman–Crippen MR) is 79.1 cm³/mol. The smallest absolute Gasteiger partial charge is 0.116 e. The van der Waals surface area contributed by atoms with Crippen LogP contribution in [-0.2, 0) is 11.2 Å². The second-order valence-corrected chi connectivity index (χ2v) is 3.83. The first-order valence-electron chi connectivity index (χ1n) is 5.61. The van der Waals surface area contributed by atoms with Gasteiger partial charge in [0.25, 0.3) is 0 Å². The molecule has 18 heavy (non-hydrogen) atoms. The van der Waals surface area contributed by atoms with Crippen molar-refractivity contribution >= 4 is 29.9 Å². The Bertz CT molecular complexity index is 361. The van der Waals surface area contributed by atoms with Gasteiger partial charge in [-0.25, -0.2) is 0 Å². The molecule has 0 amide bonds. The molecule has 0 aromatic heterocycles. The van der Waals surface area contributed by atoms with Crippen LogP contribution >= 0.6 is 12.2 Å². The van der Waals surface area contributed by atoms with Gasteiger partial charge < -0.3 is 24.7 Å². The summed E-state index contributed by atoms with van der Waals surface area (Å²) in [6, 6.07) is 6.15. The Morgan fingerprint density at radius 1 is 1.50 bits per heavy atom. The molecule has 1 aromatic carbocycles. The number of anilines is 2. The number of fused-ring (bicyclic) bond motifs is 1. The number of carbonyl (C=O) groups is 1. The van der Waals surface area contributed by atoms with Gasteiger partial charge in [-0.3, -0.25) is 0 Å². The molecular formula is C12H21N3O2S. The first-order chi connectivity index (χ1) is 8.72. The molecule has 0 atom stereocenters. The third-order valence-corrected chi connectivity index (χ3v) is 2.70. The van der Waals surface area contributed by atoms with E-state index in [2.05, 4.69) is 34.5 Å². The average Bonchev–Trinajstić information content (AvgIpc) is 2.75. The van der Waals surface area contributed by atoms with Crippen molar-refractivity contribution in [2.75, 3.05) is 30.3 Å². The molecule has 102 valence electrons. The van der Waals surface area contributed by atoms with E-state index in [-0.39, 0.29) is 0 Å². The minimum atomic E-state index is 0.637. The molecule has 0 aliphatic carbocycles. The van der Waals surface area contributed by atoms with E-state index in [1.165, 1.54) is 25.2 Å². The van der Waals surface area contributed by atoms with Crippen molar-refractivity contribution in [2.45, 2.75) is 13.3 Å². The molecule has 1 aliphatic heterocycles. The van der Waals surface area contributed by atoms with Gasteiger partial charge in [0.15, 0.2) is 0 Å². The summed E-state index contributed by atoms with van der Waals surface area (Å²) in [7, 11) is 3.60. The molecule has 6 heteroatoms. The van der Waals surface area contributed by atoms with Gasteiger partial charge in [0.2, 0.25) is 0 Å². The zero-order chi connectivity index (χ0) is 14.0. The fourth-order valence-corrected chi connectivity index (χ4v) is 1.92. The highest BCUT2D eigenvalue weighted by molar-refractivity contribution is 7.95. The van der Waals surface area contributed by atoms with Gasteiger partial charge in [0, 0.05) is 25.0 Å². The van der Waals surface area contributed by atoms with E-state index in [1.54, 1.807) is 0 Å². The predicted octanol–water partition coefficient (Wildman–Crippen LogP) is 1.99. The van der Waals surface area contributed by atoms with Crippen molar-refractivity contribution in [1.29, 1.82) is 0 Å². The summed E-state index contributed by atoms with van der Waals surface area (Å²) in [4.78, 5) is 11.0. The number of rotatable bonds is 2. The topological polar surface area (TPSA) is 78.6 Å². The Balaban J connectivity index is 0.000000509. The molecule has 5 nitrogen and oxygen atoms in total. The first-order valence-corrected chi connectivity index (χ1v) is 6.38. The Labute approximate surface area is 113 Å². The number of nitrogens with zero attached hydrogens (tertiary/aromatic N) is 1. The molecule has 0 radical (unpaired) electrons. The van der Waals surface area contributed by atoms with Crippen molar-refractivity contribution in [1.82, 2.24) is 0 Å². The number of likely N-dealkylation sites (N-methyl/N-ethyl adjacent to an activating group) is 1. The fourth-order valence-electron chi connectivity index (χ4n) is 1.68. The van der Waals surface area contributed by atoms with Crippen LogP contribution in [0.25, 0.3) is 0 Å². The minimum Gasteiger partial charge on any atom is -0.374 e.